The van der Waals surface area contributed by atoms with Crippen molar-refractivity contribution in [3.05, 3.63) is 18.7 Å². The highest BCUT2D eigenvalue weighted by Gasteiger charge is 1.94. The molecular formula is C5H2N3O. The van der Waals surface area contributed by atoms with E-state index in [0.29, 0.717) is 11.1 Å². The molecule has 0 spiro atoms. The first-order valence-electron chi connectivity index (χ1n) is 2.40. The van der Waals surface area contributed by atoms with E-state index in [1.54, 1.807) is 0 Å². The molecular weight excluding hydrogens is 118 g/mol. The third kappa shape index (κ3) is 0.561. The van der Waals surface area contributed by atoms with Gasteiger partial charge in [0.2, 0.25) is 5.58 Å². The van der Waals surface area contributed by atoms with Crippen molar-refractivity contribution in [1.82, 2.24) is 15.1 Å². The van der Waals surface area contributed by atoms with Gasteiger partial charge < -0.3 is 4.52 Å². The summed E-state index contributed by atoms with van der Waals surface area (Å²) in [5.74, 6) is 0. The van der Waals surface area contributed by atoms with E-state index in [-0.39, 0.29) is 0 Å². The summed E-state index contributed by atoms with van der Waals surface area (Å²) in [4.78, 5) is 7.36. The Morgan fingerprint density at radius 3 is 3.33 bits per heavy atom. The van der Waals surface area contributed by atoms with Gasteiger partial charge in [0.15, 0.2) is 6.33 Å². The molecule has 0 saturated carbocycles. The first kappa shape index (κ1) is 4.43. The smallest absolute Gasteiger partial charge is 0.203 e. The molecule has 0 aliphatic heterocycles. The largest absolute Gasteiger partial charge is 0.353 e. The van der Waals surface area contributed by atoms with Gasteiger partial charge in [0.25, 0.3) is 0 Å². The minimum atomic E-state index is 0.591. The Hall–Kier alpha value is -1.45. The molecule has 0 saturated heterocycles. The summed E-state index contributed by atoms with van der Waals surface area (Å²) in [6.45, 7) is 0. The normalized spacial score (nSPS) is 10.2. The third-order valence-corrected chi connectivity index (χ3v) is 0.988. The van der Waals surface area contributed by atoms with Gasteiger partial charge in [-0.05, 0) is 0 Å². The first-order chi connectivity index (χ1) is 4.47. The van der Waals surface area contributed by atoms with Gasteiger partial charge in [-0.1, -0.05) is 5.16 Å². The van der Waals surface area contributed by atoms with Crippen molar-refractivity contribution >= 4 is 11.1 Å². The average molecular weight is 120 g/mol. The molecule has 0 atom stereocenters. The summed E-state index contributed by atoms with van der Waals surface area (Å²) in [7, 11) is 0. The van der Waals surface area contributed by atoms with Gasteiger partial charge in [-0.2, -0.15) is 0 Å². The number of fused-ring (bicyclic) bond motifs is 1. The summed E-state index contributed by atoms with van der Waals surface area (Å²) < 4.78 is 4.72. The van der Waals surface area contributed by atoms with Crippen LogP contribution in [0, 0.1) is 6.33 Å². The zero-order chi connectivity index (χ0) is 6.10. The molecule has 1 radical (unpaired) electrons. The molecule has 2 heterocycles. The van der Waals surface area contributed by atoms with Crippen LogP contribution in [0.3, 0.4) is 0 Å². The topological polar surface area (TPSA) is 51.8 Å². The summed E-state index contributed by atoms with van der Waals surface area (Å²) >= 11 is 0. The summed E-state index contributed by atoms with van der Waals surface area (Å²) in [6.07, 6.45) is 5.47. The number of aromatic nitrogens is 3. The highest BCUT2D eigenvalue weighted by Crippen LogP contribution is 2.04. The molecule has 0 unspecified atom stereocenters. The highest BCUT2D eigenvalue weighted by atomic mass is 16.5. The van der Waals surface area contributed by atoms with Crippen molar-refractivity contribution in [2.24, 2.45) is 0 Å². The van der Waals surface area contributed by atoms with E-state index in [9.17, 15) is 0 Å². The van der Waals surface area contributed by atoms with Gasteiger partial charge in [-0.25, -0.2) is 9.97 Å². The van der Waals surface area contributed by atoms with Gasteiger partial charge in [-0.15, -0.1) is 0 Å². The van der Waals surface area contributed by atoms with Crippen LogP contribution in [0.15, 0.2) is 16.9 Å². The Morgan fingerprint density at radius 1 is 1.44 bits per heavy atom. The molecule has 2 rings (SSSR count). The molecule has 43 valence electrons. The molecule has 0 amide bonds. The number of nitrogens with zero attached hydrogens (tertiary/aromatic N) is 3. The number of hydrogen-bond donors (Lipinski definition) is 0. The minimum absolute atomic E-state index is 0.591. The molecule has 0 bridgehead atoms. The average Bonchev–Trinajstić information content (AvgIpc) is 2.33. The lowest BCUT2D eigenvalue weighted by Crippen LogP contribution is -1.73. The fraction of sp³-hybridized carbons (Fsp3) is 0. The van der Waals surface area contributed by atoms with Crippen molar-refractivity contribution in [3.63, 3.8) is 0 Å². The molecule has 0 fully saturated rings. The maximum absolute atomic E-state index is 4.72. The zero-order valence-corrected chi connectivity index (χ0v) is 4.40. The van der Waals surface area contributed by atoms with Gasteiger partial charge in [0, 0.05) is 0 Å². The maximum atomic E-state index is 4.72. The summed E-state index contributed by atoms with van der Waals surface area (Å²) in [6, 6.07) is 0. The molecule has 4 heteroatoms. The minimum Gasteiger partial charge on any atom is -0.353 e. The quantitative estimate of drug-likeness (QED) is 0.505. The zero-order valence-electron chi connectivity index (χ0n) is 4.40. The Balaban J connectivity index is 2.95. The van der Waals surface area contributed by atoms with Gasteiger partial charge >= 0.3 is 0 Å². The van der Waals surface area contributed by atoms with Crippen LogP contribution in [0.4, 0.5) is 0 Å². The van der Waals surface area contributed by atoms with Crippen molar-refractivity contribution < 1.29 is 4.52 Å². The number of hydrogen-bond acceptors (Lipinski definition) is 4. The van der Waals surface area contributed by atoms with Crippen LogP contribution in [0.25, 0.3) is 11.1 Å². The SMILES string of the molecule is [c]1ncc2oncc2n1. The van der Waals surface area contributed by atoms with E-state index < -0.39 is 0 Å². The lowest BCUT2D eigenvalue weighted by atomic mass is 10.5. The number of rotatable bonds is 0. The Bertz CT molecular complexity index is 286. The molecule has 9 heavy (non-hydrogen) atoms. The maximum Gasteiger partial charge on any atom is 0.203 e. The van der Waals surface area contributed by atoms with E-state index in [2.05, 4.69) is 21.5 Å². The first-order valence-corrected chi connectivity index (χ1v) is 2.40. The second kappa shape index (κ2) is 1.51. The monoisotopic (exact) mass is 120 g/mol. The summed E-state index contributed by atoms with van der Waals surface area (Å²) in [5.41, 5.74) is 1.28. The van der Waals surface area contributed by atoms with Crippen molar-refractivity contribution in [2.45, 2.75) is 0 Å². The fourth-order valence-corrected chi connectivity index (χ4v) is 0.587. The van der Waals surface area contributed by atoms with E-state index in [1.165, 1.54) is 12.4 Å². The molecule has 2 aromatic rings. The van der Waals surface area contributed by atoms with Crippen LogP contribution in [0.2, 0.25) is 0 Å². The van der Waals surface area contributed by atoms with Crippen molar-refractivity contribution in [1.29, 1.82) is 0 Å². The van der Waals surface area contributed by atoms with Gasteiger partial charge in [0.1, 0.15) is 5.52 Å². The lowest BCUT2D eigenvalue weighted by Gasteiger charge is -1.76. The summed E-state index contributed by atoms with van der Waals surface area (Å²) in [5, 5.41) is 3.50. The Labute approximate surface area is 50.5 Å². The van der Waals surface area contributed by atoms with Crippen molar-refractivity contribution in [3.8, 4) is 0 Å². The Kier molecular flexibility index (Phi) is 0.745. The van der Waals surface area contributed by atoms with Gasteiger partial charge in [-0.3, -0.25) is 0 Å². The van der Waals surface area contributed by atoms with Crippen LogP contribution < -0.4 is 0 Å². The lowest BCUT2D eigenvalue weighted by molar-refractivity contribution is 0.455. The van der Waals surface area contributed by atoms with E-state index in [0.717, 1.165) is 0 Å². The van der Waals surface area contributed by atoms with Crippen LogP contribution in [0.5, 0.6) is 0 Å². The van der Waals surface area contributed by atoms with E-state index in [1.807, 2.05) is 0 Å². The predicted octanol–water partition coefficient (Wildman–Crippen LogP) is 0.418. The molecule has 0 aliphatic carbocycles. The van der Waals surface area contributed by atoms with Crippen LogP contribution in [0.1, 0.15) is 0 Å². The highest BCUT2D eigenvalue weighted by molar-refractivity contribution is 5.68. The van der Waals surface area contributed by atoms with E-state index in [4.69, 9.17) is 4.52 Å². The third-order valence-electron chi connectivity index (χ3n) is 0.988. The van der Waals surface area contributed by atoms with Crippen LogP contribution >= 0.6 is 0 Å². The molecule has 4 nitrogen and oxygen atoms in total. The standard InChI is InChI=1S/C5H2N3O/c1-4-5(9-8-1)2-6-3-7-4/h1-2H. The molecule has 0 aliphatic rings. The van der Waals surface area contributed by atoms with Gasteiger partial charge in [0.05, 0.1) is 12.4 Å². The van der Waals surface area contributed by atoms with E-state index >= 15 is 0 Å². The van der Waals surface area contributed by atoms with Crippen LogP contribution in [-0.2, 0) is 0 Å². The Morgan fingerprint density at radius 2 is 2.44 bits per heavy atom. The predicted molar refractivity (Wildman–Crippen MR) is 28.4 cm³/mol. The second-order valence-corrected chi connectivity index (χ2v) is 1.55. The molecule has 0 N–H and O–H groups in total. The molecule has 0 aromatic carbocycles. The van der Waals surface area contributed by atoms with Crippen LogP contribution in [-0.4, -0.2) is 15.1 Å². The molecule has 2 aromatic heterocycles. The fourth-order valence-electron chi connectivity index (χ4n) is 0.587. The second-order valence-electron chi connectivity index (χ2n) is 1.55. The van der Waals surface area contributed by atoms with Crippen molar-refractivity contribution in [2.75, 3.05) is 0 Å².